The lowest BCUT2D eigenvalue weighted by Gasteiger charge is -2.45. The second-order valence-corrected chi connectivity index (χ2v) is 54.5. The summed E-state index contributed by atoms with van der Waals surface area (Å²) >= 11 is 0. The first-order valence-corrected chi connectivity index (χ1v) is 46.9. The van der Waals surface area contributed by atoms with Gasteiger partial charge in [0.2, 0.25) is 5.43 Å². The predicted octanol–water partition coefficient (Wildman–Crippen LogP) is 18.2. The Kier molecular flexibility index (Phi) is 20.8. The van der Waals surface area contributed by atoms with Crippen molar-refractivity contribution in [3.8, 4) is 40.1 Å². The minimum atomic E-state index is -3.77. The Labute approximate surface area is 639 Å². The zero-order valence-corrected chi connectivity index (χ0v) is 69.6. The molecule has 107 heavy (non-hydrogen) atoms. The molecule has 0 unspecified atom stereocenters. The van der Waals surface area contributed by atoms with Gasteiger partial charge in [0.1, 0.15) is 34.0 Å². The zero-order valence-electron chi connectivity index (χ0n) is 64.6. The van der Waals surface area contributed by atoms with Crippen LogP contribution in [0, 0.1) is 0 Å². The van der Waals surface area contributed by atoms with E-state index in [-0.39, 0.29) is 22.5 Å². The molecule has 0 N–H and O–H groups in total. The van der Waals surface area contributed by atoms with Gasteiger partial charge in [-0.05, 0) is 95.3 Å². The monoisotopic (exact) mass is 1490 g/mol. The third-order valence-corrected chi connectivity index (χ3v) is 46.2. The Morgan fingerprint density at radius 1 is 0.243 bits per heavy atom. The lowest BCUT2D eigenvalue weighted by molar-refractivity contribution is 0.454. The molecule has 0 fully saturated rings. The highest BCUT2D eigenvalue weighted by molar-refractivity contribution is 7.02. The van der Waals surface area contributed by atoms with E-state index < -0.39 is 72.2 Å². The molecule has 7 nitrogen and oxygen atoms in total. The van der Waals surface area contributed by atoms with Crippen molar-refractivity contribution in [2.75, 3.05) is 0 Å². The summed E-state index contributed by atoms with van der Waals surface area (Å²) in [5.41, 5.74) is 0.388. The summed E-state index contributed by atoms with van der Waals surface area (Å²) in [5, 5.41) is 8.17. The van der Waals surface area contributed by atoms with Gasteiger partial charge in [-0.25, -0.2) is 0 Å². The van der Waals surface area contributed by atoms with Gasteiger partial charge in [0.15, 0.2) is 11.5 Å². The van der Waals surface area contributed by atoms with Gasteiger partial charge in [-0.1, -0.05) is 407 Å². The number of hydrogen-bond donors (Lipinski definition) is 0. The highest BCUT2D eigenvalue weighted by atomic mass is 28.4. The standard InChI is InChI=1S/C95H100O7Si5/c1-91(2,3)103(73-46-26-16-27-47-73,74-48-28-17-29-49-74)98-72-69-85-87(86(70-72)101-106(94(10,11)12,79-58-38-22-39-59-79)80-60-40-23-41-61-80)88(96)90(102-107(95(13,14)15,81-62-42-24-43-63-81)82-64-44-25-45-65-82)89(97-85)71-66-67-83(99-104(92(4,5)6,75-50-30-18-31-51-75)76-52-32-19-33-53-76)84(68-71)100-105(93(7,8)9,77-54-34-20-35-55-77)78-56-36-21-37-57-78/h16-70H,1-15H3. The topological polar surface area (TPSA) is 76.4 Å². The molecule has 13 aromatic rings. The maximum absolute atomic E-state index is 18.0. The average Bonchev–Trinajstić information content (AvgIpc) is 0.711. The van der Waals surface area contributed by atoms with Crippen molar-refractivity contribution in [1.29, 1.82) is 0 Å². The van der Waals surface area contributed by atoms with Crippen LogP contribution in [0.2, 0.25) is 25.2 Å². The summed E-state index contributed by atoms with van der Waals surface area (Å²) in [6.07, 6.45) is 0. The van der Waals surface area contributed by atoms with E-state index in [9.17, 15) is 0 Å². The molecule has 12 aromatic carbocycles. The van der Waals surface area contributed by atoms with E-state index in [1.807, 2.05) is 42.5 Å². The first-order chi connectivity index (χ1) is 51.1. The summed E-state index contributed by atoms with van der Waals surface area (Å²) in [7, 11) is -17.8. The quantitative estimate of drug-likeness (QED) is 0.0664. The van der Waals surface area contributed by atoms with Crippen molar-refractivity contribution in [1.82, 2.24) is 0 Å². The highest BCUT2D eigenvalue weighted by Gasteiger charge is 2.58. The molecular formula is C95H100O7Si5. The van der Waals surface area contributed by atoms with Crippen LogP contribution in [0.4, 0.5) is 0 Å². The van der Waals surface area contributed by atoms with E-state index in [1.165, 1.54) is 0 Å². The molecule has 1 heterocycles. The van der Waals surface area contributed by atoms with Crippen molar-refractivity contribution in [3.05, 3.63) is 344 Å². The zero-order chi connectivity index (χ0) is 75.7. The largest absolute Gasteiger partial charge is 0.534 e. The van der Waals surface area contributed by atoms with Crippen molar-refractivity contribution in [2.24, 2.45) is 0 Å². The molecule has 1 aromatic heterocycles. The fraction of sp³-hybridized carbons (Fsp3) is 0.211. The summed E-state index contributed by atoms with van der Waals surface area (Å²) in [6, 6.07) is 116. The van der Waals surface area contributed by atoms with Gasteiger partial charge in [0.25, 0.3) is 0 Å². The van der Waals surface area contributed by atoms with Crippen LogP contribution in [0.15, 0.2) is 343 Å². The molecule has 0 aliphatic carbocycles. The Morgan fingerprint density at radius 2 is 0.477 bits per heavy atom. The smallest absolute Gasteiger partial charge is 0.320 e. The molecule has 542 valence electrons. The van der Waals surface area contributed by atoms with Gasteiger partial charge in [0, 0.05) is 17.7 Å². The molecule has 0 amide bonds. The van der Waals surface area contributed by atoms with Crippen molar-refractivity contribution < 1.29 is 26.5 Å². The molecule has 13 rings (SSSR count). The molecular weight excluding hydrogens is 1390 g/mol. The molecule has 0 aliphatic rings. The molecule has 12 heteroatoms. The summed E-state index contributed by atoms with van der Waals surface area (Å²) in [5.74, 6) is 2.09. The summed E-state index contributed by atoms with van der Waals surface area (Å²) < 4.78 is 49.6. The molecule has 0 radical (unpaired) electrons. The van der Waals surface area contributed by atoms with E-state index in [1.54, 1.807) is 0 Å². The van der Waals surface area contributed by atoms with Gasteiger partial charge >= 0.3 is 41.6 Å². The van der Waals surface area contributed by atoms with E-state index in [0.717, 1.165) is 51.9 Å². The summed E-state index contributed by atoms with van der Waals surface area (Å²) in [6.45, 7) is 34.1. The Morgan fingerprint density at radius 3 is 0.738 bits per heavy atom. The van der Waals surface area contributed by atoms with E-state index >= 15 is 4.79 Å². The summed E-state index contributed by atoms with van der Waals surface area (Å²) in [4.78, 5) is 18.0. The molecule has 0 saturated heterocycles. The molecule has 0 atom stereocenters. The van der Waals surface area contributed by atoms with Crippen LogP contribution in [0.3, 0.4) is 0 Å². The number of hydrogen-bond acceptors (Lipinski definition) is 7. The SMILES string of the molecule is CC(C)(C)[Si](Oc1cc(O[Si](c2ccccc2)(c2ccccc2)C(C)(C)C)c2c(=O)c(O[Si](c3ccccc3)(c3ccccc3)C(C)(C)C)c(-c3ccc(O[Si](c4ccccc4)(c4ccccc4)C(C)(C)C)c(O[Si](c4ccccc4)(c4ccccc4)C(C)(C)C)c3)oc2c1)(c1ccccc1)c1ccccc1. The Hall–Kier alpha value is -10.1. The predicted molar refractivity (Wildman–Crippen MR) is 459 cm³/mol. The van der Waals surface area contributed by atoms with Gasteiger partial charge in [-0.15, -0.1) is 0 Å². The van der Waals surface area contributed by atoms with Crippen LogP contribution in [0.5, 0.6) is 28.7 Å². The minimum Gasteiger partial charge on any atom is -0.534 e. The van der Waals surface area contributed by atoms with Gasteiger partial charge < -0.3 is 26.5 Å². The van der Waals surface area contributed by atoms with Crippen LogP contribution >= 0.6 is 0 Å². The highest BCUT2D eigenvalue weighted by Crippen LogP contribution is 2.50. The second-order valence-electron chi connectivity index (χ2n) is 33.4. The van der Waals surface area contributed by atoms with E-state index in [0.29, 0.717) is 28.6 Å². The second kappa shape index (κ2) is 29.6. The van der Waals surface area contributed by atoms with Crippen LogP contribution in [-0.4, -0.2) is 41.6 Å². The average molecular weight is 1490 g/mol. The van der Waals surface area contributed by atoms with Gasteiger partial charge in [0.05, 0.1) is 0 Å². The fourth-order valence-corrected chi connectivity index (χ4v) is 38.6. The van der Waals surface area contributed by atoms with Crippen LogP contribution < -0.4 is 79.4 Å². The van der Waals surface area contributed by atoms with Crippen LogP contribution in [0.25, 0.3) is 22.3 Å². The lowest BCUT2D eigenvalue weighted by Crippen LogP contribution is -2.69. The van der Waals surface area contributed by atoms with Crippen LogP contribution in [0.1, 0.15) is 104 Å². The van der Waals surface area contributed by atoms with E-state index in [4.69, 9.17) is 26.5 Å². The first-order valence-electron chi connectivity index (χ1n) is 37.4. The normalized spacial score (nSPS) is 12.9. The number of benzene rings is 12. The van der Waals surface area contributed by atoms with E-state index in [2.05, 4.69) is 395 Å². The van der Waals surface area contributed by atoms with Crippen molar-refractivity contribution in [2.45, 2.75) is 129 Å². The van der Waals surface area contributed by atoms with Crippen LogP contribution in [-0.2, 0) is 0 Å². The third kappa shape index (κ3) is 13.7. The Balaban J connectivity index is 1.21. The number of rotatable bonds is 21. The molecule has 0 aliphatic heterocycles. The van der Waals surface area contributed by atoms with Crippen molar-refractivity contribution >= 4 is 104 Å². The molecule has 0 saturated carbocycles. The lowest BCUT2D eigenvalue weighted by atomic mass is 10.1. The minimum absolute atomic E-state index is 0.0387. The van der Waals surface area contributed by atoms with Gasteiger partial charge in [-0.2, -0.15) is 0 Å². The van der Waals surface area contributed by atoms with Gasteiger partial charge in [-0.3, -0.25) is 4.79 Å². The Bertz CT molecular complexity index is 5020. The first kappa shape index (κ1) is 75.2. The van der Waals surface area contributed by atoms with Crippen molar-refractivity contribution in [3.63, 3.8) is 0 Å². The third-order valence-electron chi connectivity index (χ3n) is 21.5. The maximum Gasteiger partial charge on any atom is 0.320 e. The molecule has 0 spiro atoms. The fourth-order valence-electron chi connectivity index (χ4n) is 16.6. The molecule has 0 bridgehead atoms. The number of fused-ring (bicyclic) bond motifs is 1. The maximum atomic E-state index is 18.0.